The molecule has 1 aromatic heterocycles. The van der Waals surface area contributed by atoms with Crippen molar-refractivity contribution in [1.82, 2.24) is 0 Å². The van der Waals surface area contributed by atoms with Crippen LogP contribution in [0.15, 0.2) is 45.5 Å². The molecule has 1 heterocycles. The van der Waals surface area contributed by atoms with E-state index in [2.05, 4.69) is 39.0 Å². The van der Waals surface area contributed by atoms with E-state index in [1.165, 1.54) is 0 Å². The first kappa shape index (κ1) is 13.2. The summed E-state index contributed by atoms with van der Waals surface area (Å²) in [6.07, 6.45) is 1.69. The molecule has 1 atom stereocenters. The highest BCUT2D eigenvalue weighted by molar-refractivity contribution is 9.10. The van der Waals surface area contributed by atoms with E-state index < -0.39 is 0 Å². The minimum atomic E-state index is 0.0313. The third kappa shape index (κ3) is 2.94. The van der Waals surface area contributed by atoms with Crippen molar-refractivity contribution in [2.24, 2.45) is 5.73 Å². The third-order valence-corrected chi connectivity index (χ3v) is 3.58. The van der Waals surface area contributed by atoms with Gasteiger partial charge in [-0.05, 0) is 36.8 Å². The summed E-state index contributed by atoms with van der Waals surface area (Å²) < 4.78 is 6.39. The number of nitrogens with two attached hydrogens (primary N) is 1. The van der Waals surface area contributed by atoms with Gasteiger partial charge >= 0.3 is 0 Å². The number of anilines is 1. The van der Waals surface area contributed by atoms with E-state index in [0.29, 0.717) is 0 Å². The van der Waals surface area contributed by atoms with Crippen LogP contribution in [-0.4, -0.2) is 7.05 Å². The molecule has 0 aliphatic rings. The number of hydrogen-bond donors (Lipinski definition) is 1. The zero-order valence-electron chi connectivity index (χ0n) is 10.6. The molecule has 0 aliphatic carbocycles. The molecule has 96 valence electrons. The fourth-order valence-electron chi connectivity index (χ4n) is 1.85. The van der Waals surface area contributed by atoms with E-state index in [4.69, 9.17) is 10.2 Å². The Morgan fingerprint density at radius 3 is 2.72 bits per heavy atom. The Hall–Kier alpha value is -1.26. The standard InChI is InChI=1S/C14H17BrN2O/c1-10(16)13-6-5-11(8-14(13)15)17(2)9-12-4-3-7-18-12/h3-8,10H,9,16H2,1-2H3/t10-/m0/s1. The molecule has 2 N–H and O–H groups in total. The number of halogens is 1. The Kier molecular flexibility index (Phi) is 4.09. The molecule has 0 aliphatic heterocycles. The van der Waals surface area contributed by atoms with Crippen molar-refractivity contribution in [1.29, 1.82) is 0 Å². The summed E-state index contributed by atoms with van der Waals surface area (Å²) in [4.78, 5) is 2.13. The molecule has 18 heavy (non-hydrogen) atoms. The molecule has 4 heteroatoms. The number of rotatable bonds is 4. The van der Waals surface area contributed by atoms with Crippen LogP contribution in [0.1, 0.15) is 24.3 Å². The first-order chi connectivity index (χ1) is 8.58. The molecule has 0 bridgehead atoms. The average molecular weight is 309 g/mol. The van der Waals surface area contributed by atoms with Crippen LogP contribution in [0.5, 0.6) is 0 Å². The van der Waals surface area contributed by atoms with Crippen LogP contribution in [0.2, 0.25) is 0 Å². The van der Waals surface area contributed by atoms with Gasteiger partial charge in [-0.25, -0.2) is 0 Å². The van der Waals surface area contributed by atoms with Gasteiger partial charge in [0.25, 0.3) is 0 Å². The van der Waals surface area contributed by atoms with Crippen LogP contribution in [0, 0.1) is 0 Å². The summed E-state index contributed by atoms with van der Waals surface area (Å²) in [7, 11) is 2.04. The second-order valence-electron chi connectivity index (χ2n) is 4.43. The van der Waals surface area contributed by atoms with Crippen molar-refractivity contribution in [3.63, 3.8) is 0 Å². The quantitative estimate of drug-likeness (QED) is 0.936. The molecule has 2 rings (SSSR count). The monoisotopic (exact) mass is 308 g/mol. The predicted molar refractivity (Wildman–Crippen MR) is 77.6 cm³/mol. The Morgan fingerprint density at radius 2 is 2.17 bits per heavy atom. The molecule has 0 saturated carbocycles. The van der Waals surface area contributed by atoms with Gasteiger partial charge in [0, 0.05) is 23.2 Å². The summed E-state index contributed by atoms with van der Waals surface area (Å²) in [5, 5.41) is 0. The van der Waals surface area contributed by atoms with E-state index in [0.717, 1.165) is 28.0 Å². The van der Waals surface area contributed by atoms with Gasteiger partial charge in [0.2, 0.25) is 0 Å². The topological polar surface area (TPSA) is 42.4 Å². The largest absolute Gasteiger partial charge is 0.467 e. The molecule has 0 spiro atoms. The first-order valence-corrected chi connectivity index (χ1v) is 6.66. The van der Waals surface area contributed by atoms with Crippen molar-refractivity contribution in [3.8, 4) is 0 Å². The van der Waals surface area contributed by atoms with Gasteiger partial charge in [0.1, 0.15) is 5.76 Å². The Morgan fingerprint density at radius 1 is 1.39 bits per heavy atom. The van der Waals surface area contributed by atoms with Crippen LogP contribution in [0.25, 0.3) is 0 Å². The van der Waals surface area contributed by atoms with Crippen molar-refractivity contribution in [2.75, 3.05) is 11.9 Å². The molecule has 0 amide bonds. The van der Waals surface area contributed by atoms with Crippen molar-refractivity contribution in [3.05, 3.63) is 52.4 Å². The van der Waals surface area contributed by atoms with Crippen LogP contribution in [0.4, 0.5) is 5.69 Å². The number of benzene rings is 1. The van der Waals surface area contributed by atoms with Crippen molar-refractivity contribution >= 4 is 21.6 Å². The molecule has 3 nitrogen and oxygen atoms in total. The summed E-state index contributed by atoms with van der Waals surface area (Å²) >= 11 is 3.56. The Labute approximate surface area is 116 Å². The predicted octanol–water partition coefficient (Wildman–Crippen LogP) is 3.70. The van der Waals surface area contributed by atoms with E-state index in [-0.39, 0.29) is 6.04 Å². The summed E-state index contributed by atoms with van der Waals surface area (Å²) in [6.45, 7) is 2.73. The lowest BCUT2D eigenvalue weighted by molar-refractivity contribution is 0.507. The van der Waals surface area contributed by atoms with Crippen molar-refractivity contribution in [2.45, 2.75) is 19.5 Å². The maximum Gasteiger partial charge on any atom is 0.123 e. The fourth-order valence-corrected chi connectivity index (χ4v) is 2.58. The van der Waals surface area contributed by atoms with Gasteiger partial charge in [0.15, 0.2) is 0 Å². The van der Waals surface area contributed by atoms with Crippen LogP contribution >= 0.6 is 15.9 Å². The third-order valence-electron chi connectivity index (χ3n) is 2.89. The van der Waals surface area contributed by atoms with Crippen LogP contribution in [0.3, 0.4) is 0 Å². The average Bonchev–Trinajstić information content (AvgIpc) is 2.81. The van der Waals surface area contributed by atoms with E-state index in [9.17, 15) is 0 Å². The lowest BCUT2D eigenvalue weighted by atomic mass is 10.1. The molecule has 0 radical (unpaired) electrons. The summed E-state index contributed by atoms with van der Waals surface area (Å²) in [5.41, 5.74) is 8.14. The molecule has 0 saturated heterocycles. The Bertz CT molecular complexity index is 509. The van der Waals surface area contributed by atoms with Crippen LogP contribution < -0.4 is 10.6 Å². The highest BCUT2D eigenvalue weighted by Gasteiger charge is 2.09. The number of nitrogens with zero attached hydrogens (tertiary/aromatic N) is 1. The zero-order chi connectivity index (χ0) is 13.1. The summed E-state index contributed by atoms with van der Waals surface area (Å²) in [5.74, 6) is 0.949. The highest BCUT2D eigenvalue weighted by Crippen LogP contribution is 2.27. The highest BCUT2D eigenvalue weighted by atomic mass is 79.9. The van der Waals surface area contributed by atoms with Gasteiger partial charge in [0.05, 0.1) is 12.8 Å². The zero-order valence-corrected chi connectivity index (χ0v) is 12.1. The normalized spacial score (nSPS) is 12.4. The molecule has 0 fully saturated rings. The van der Waals surface area contributed by atoms with E-state index >= 15 is 0 Å². The second-order valence-corrected chi connectivity index (χ2v) is 5.28. The second kappa shape index (κ2) is 5.59. The van der Waals surface area contributed by atoms with E-state index in [1.54, 1.807) is 6.26 Å². The van der Waals surface area contributed by atoms with Gasteiger partial charge in [-0.3, -0.25) is 0 Å². The number of hydrogen-bond acceptors (Lipinski definition) is 3. The number of furan rings is 1. The van der Waals surface area contributed by atoms with Gasteiger partial charge in [-0.15, -0.1) is 0 Å². The molecule has 2 aromatic rings. The minimum absolute atomic E-state index is 0.0313. The minimum Gasteiger partial charge on any atom is -0.467 e. The molecule has 1 aromatic carbocycles. The van der Waals surface area contributed by atoms with Crippen LogP contribution in [-0.2, 0) is 6.54 Å². The van der Waals surface area contributed by atoms with E-state index in [1.807, 2.05) is 26.1 Å². The van der Waals surface area contributed by atoms with Gasteiger partial charge in [-0.1, -0.05) is 22.0 Å². The lowest BCUT2D eigenvalue weighted by Gasteiger charge is -2.19. The first-order valence-electron chi connectivity index (χ1n) is 5.86. The fraction of sp³-hybridized carbons (Fsp3) is 0.286. The SMILES string of the molecule is C[C@H](N)c1ccc(N(C)Cc2ccco2)cc1Br. The maximum absolute atomic E-state index is 5.89. The molecular formula is C14H17BrN2O. The molecule has 0 unspecified atom stereocenters. The van der Waals surface area contributed by atoms with Gasteiger partial charge < -0.3 is 15.1 Å². The Balaban J connectivity index is 2.16. The lowest BCUT2D eigenvalue weighted by Crippen LogP contribution is -2.16. The maximum atomic E-state index is 5.89. The summed E-state index contributed by atoms with van der Waals surface area (Å²) in [6, 6.07) is 10.1. The molecular weight excluding hydrogens is 292 g/mol. The smallest absolute Gasteiger partial charge is 0.123 e. The van der Waals surface area contributed by atoms with Gasteiger partial charge in [-0.2, -0.15) is 0 Å². The van der Waals surface area contributed by atoms with Crippen molar-refractivity contribution < 1.29 is 4.42 Å².